The summed E-state index contributed by atoms with van der Waals surface area (Å²) in [5.74, 6) is -2.20. The molecule has 0 radical (unpaired) electrons. The maximum atomic E-state index is 14.2. The highest BCUT2D eigenvalue weighted by atomic mass is 19.3. The van der Waals surface area contributed by atoms with Crippen LogP contribution in [-0.4, -0.2) is 82.3 Å². The van der Waals surface area contributed by atoms with Gasteiger partial charge >= 0.3 is 18.8 Å². The van der Waals surface area contributed by atoms with Crippen LogP contribution in [-0.2, 0) is 20.9 Å². The van der Waals surface area contributed by atoms with Crippen molar-refractivity contribution in [2.45, 2.75) is 85.0 Å². The van der Waals surface area contributed by atoms with Gasteiger partial charge in [0.1, 0.15) is 23.9 Å². The number of amides is 4. The van der Waals surface area contributed by atoms with Crippen LogP contribution in [0.15, 0.2) is 52.9 Å². The van der Waals surface area contributed by atoms with Gasteiger partial charge in [0.25, 0.3) is 5.91 Å². The number of hydrogen-bond donors (Lipinski definition) is 2. The van der Waals surface area contributed by atoms with Crippen molar-refractivity contribution in [2.24, 2.45) is 5.73 Å². The van der Waals surface area contributed by atoms with E-state index in [0.29, 0.717) is 0 Å². The smallest absolute Gasteiger partial charge is 0.410 e. The van der Waals surface area contributed by atoms with E-state index < -0.39 is 53.9 Å². The summed E-state index contributed by atoms with van der Waals surface area (Å²) in [5, 5.41) is 2.62. The monoisotopic (exact) mass is 715 g/mol. The summed E-state index contributed by atoms with van der Waals surface area (Å²) in [6.07, 6.45) is -1.48. The molecule has 4 amide bonds. The Morgan fingerprint density at radius 2 is 1.65 bits per heavy atom. The van der Waals surface area contributed by atoms with Crippen molar-refractivity contribution in [1.82, 2.24) is 20.1 Å². The molecule has 0 aliphatic carbocycles. The number of piperazine rings is 1. The predicted molar refractivity (Wildman–Crippen MR) is 179 cm³/mol. The van der Waals surface area contributed by atoms with Crippen LogP contribution in [0.4, 0.5) is 18.4 Å². The van der Waals surface area contributed by atoms with Crippen LogP contribution in [0.2, 0.25) is 0 Å². The lowest BCUT2D eigenvalue weighted by Gasteiger charge is -2.39. The highest BCUT2D eigenvalue weighted by Crippen LogP contribution is 2.36. The van der Waals surface area contributed by atoms with E-state index in [2.05, 4.69) is 15.0 Å². The summed E-state index contributed by atoms with van der Waals surface area (Å²) in [6, 6.07) is 10.7. The number of ether oxygens (including phenoxy) is 4. The van der Waals surface area contributed by atoms with Gasteiger partial charge in [-0.2, -0.15) is 8.78 Å². The molecule has 1 unspecified atom stereocenters. The standard InChI is InChI=1S/C35H43F2N5O9/c1-20(39-32(45)50-34(2,3)4)27-26(30(44)42-16-15-41(18-23(42)28(38)43)33(46)51-35(5,6)7)40-29(49-27)22-13-14-24(48-31(36)37)25(17-22)47-19-21-11-9-8-10-12-21/h8-14,17,20,23,31H,15-16,18-19H2,1-7H3,(H2,38,43)(H,39,45)/t20-,23?/m0/s1. The Kier molecular flexibility index (Phi) is 11.8. The molecule has 1 aliphatic heterocycles. The molecule has 1 saturated heterocycles. The zero-order valence-electron chi connectivity index (χ0n) is 29.5. The first-order valence-corrected chi connectivity index (χ1v) is 16.2. The summed E-state index contributed by atoms with van der Waals surface area (Å²) < 4.78 is 53.9. The molecule has 3 aromatic rings. The zero-order valence-corrected chi connectivity index (χ0v) is 29.5. The maximum absolute atomic E-state index is 14.2. The molecular formula is C35H43F2N5O9. The second-order valence-electron chi connectivity index (χ2n) is 13.8. The molecule has 276 valence electrons. The number of nitrogens with zero attached hydrogens (tertiary/aromatic N) is 3. The largest absolute Gasteiger partial charge is 0.485 e. The molecule has 1 fully saturated rings. The second-order valence-corrected chi connectivity index (χ2v) is 13.8. The molecule has 14 nitrogen and oxygen atoms in total. The van der Waals surface area contributed by atoms with Gasteiger partial charge in [-0.05, 0) is 72.2 Å². The SMILES string of the molecule is C[C@H](NC(=O)OC(C)(C)C)c1oc(-c2ccc(OC(F)F)c(OCc3ccccc3)c2)nc1C(=O)N1CCN(C(=O)OC(C)(C)C)CC1C(N)=O. The quantitative estimate of drug-likeness (QED) is 0.267. The van der Waals surface area contributed by atoms with E-state index in [1.165, 1.54) is 34.9 Å². The Balaban J connectivity index is 1.72. The number of carbonyl (C=O) groups is 4. The van der Waals surface area contributed by atoms with Gasteiger partial charge in [-0.3, -0.25) is 9.59 Å². The van der Waals surface area contributed by atoms with Gasteiger partial charge in [0.2, 0.25) is 11.8 Å². The normalized spacial score (nSPS) is 15.6. The highest BCUT2D eigenvalue weighted by molar-refractivity contribution is 5.97. The summed E-state index contributed by atoms with van der Waals surface area (Å²) in [5.41, 5.74) is 4.77. The molecule has 0 bridgehead atoms. The number of primary amides is 1. The minimum Gasteiger partial charge on any atom is -0.485 e. The molecule has 2 aromatic carbocycles. The van der Waals surface area contributed by atoms with Crippen molar-refractivity contribution in [3.05, 3.63) is 65.5 Å². The first-order valence-electron chi connectivity index (χ1n) is 16.2. The third-order valence-electron chi connectivity index (χ3n) is 7.25. The van der Waals surface area contributed by atoms with Crippen molar-refractivity contribution in [3.8, 4) is 23.0 Å². The predicted octanol–water partition coefficient (Wildman–Crippen LogP) is 5.65. The van der Waals surface area contributed by atoms with Gasteiger partial charge in [0, 0.05) is 18.7 Å². The van der Waals surface area contributed by atoms with Gasteiger partial charge in [-0.1, -0.05) is 30.3 Å². The maximum Gasteiger partial charge on any atom is 0.410 e. The van der Waals surface area contributed by atoms with Crippen molar-refractivity contribution < 1.29 is 51.3 Å². The van der Waals surface area contributed by atoms with Gasteiger partial charge in [0.15, 0.2) is 23.0 Å². The number of alkyl carbamates (subject to hydrolysis) is 1. The topological polar surface area (TPSA) is 176 Å². The number of alkyl halides is 2. The van der Waals surface area contributed by atoms with Gasteiger partial charge in [0.05, 0.1) is 12.6 Å². The first kappa shape index (κ1) is 38.4. The Hall–Kier alpha value is -5.41. The van der Waals surface area contributed by atoms with E-state index in [9.17, 15) is 28.0 Å². The van der Waals surface area contributed by atoms with E-state index in [1.54, 1.807) is 65.8 Å². The number of nitrogens with two attached hydrogens (primary N) is 1. The number of hydrogen-bond acceptors (Lipinski definition) is 10. The van der Waals surface area contributed by atoms with E-state index in [1.807, 2.05) is 6.07 Å². The summed E-state index contributed by atoms with van der Waals surface area (Å²) in [6.45, 7) is 8.21. The minimum atomic E-state index is -3.14. The van der Waals surface area contributed by atoms with Crippen LogP contribution in [0.25, 0.3) is 11.5 Å². The Morgan fingerprint density at radius 1 is 0.980 bits per heavy atom. The molecular weight excluding hydrogens is 672 g/mol. The Bertz CT molecular complexity index is 1720. The molecule has 16 heteroatoms. The lowest BCUT2D eigenvalue weighted by Crippen LogP contribution is -2.61. The van der Waals surface area contributed by atoms with Crippen LogP contribution in [0.5, 0.6) is 11.5 Å². The lowest BCUT2D eigenvalue weighted by atomic mass is 10.1. The molecule has 2 heterocycles. The summed E-state index contributed by atoms with van der Waals surface area (Å²) >= 11 is 0. The summed E-state index contributed by atoms with van der Waals surface area (Å²) in [7, 11) is 0. The number of carbonyl (C=O) groups excluding carboxylic acids is 4. The number of benzene rings is 2. The lowest BCUT2D eigenvalue weighted by molar-refractivity contribution is -0.124. The highest BCUT2D eigenvalue weighted by Gasteiger charge is 2.40. The molecule has 0 spiro atoms. The van der Waals surface area contributed by atoms with Crippen LogP contribution < -0.4 is 20.5 Å². The van der Waals surface area contributed by atoms with Crippen molar-refractivity contribution in [2.75, 3.05) is 19.6 Å². The number of oxazole rings is 1. The number of rotatable bonds is 10. The van der Waals surface area contributed by atoms with Crippen molar-refractivity contribution >= 4 is 24.0 Å². The van der Waals surface area contributed by atoms with Crippen molar-refractivity contribution in [3.63, 3.8) is 0 Å². The fraction of sp³-hybridized carbons (Fsp3) is 0.457. The van der Waals surface area contributed by atoms with Crippen LogP contribution in [0.1, 0.15) is 76.3 Å². The van der Waals surface area contributed by atoms with Gasteiger partial charge < -0.3 is 44.2 Å². The molecule has 51 heavy (non-hydrogen) atoms. The van der Waals surface area contributed by atoms with E-state index in [0.717, 1.165) is 5.56 Å². The minimum absolute atomic E-state index is 0.0178. The zero-order chi connectivity index (χ0) is 37.7. The fourth-order valence-electron chi connectivity index (χ4n) is 5.03. The molecule has 2 atom stereocenters. The van der Waals surface area contributed by atoms with Crippen LogP contribution in [0, 0.1) is 0 Å². The third kappa shape index (κ3) is 10.5. The van der Waals surface area contributed by atoms with Crippen molar-refractivity contribution in [1.29, 1.82) is 0 Å². The third-order valence-corrected chi connectivity index (χ3v) is 7.25. The first-order chi connectivity index (χ1) is 23.8. The van der Waals surface area contributed by atoms with E-state index in [4.69, 9.17) is 24.4 Å². The van der Waals surface area contributed by atoms with Crippen LogP contribution >= 0.6 is 0 Å². The van der Waals surface area contributed by atoms with E-state index in [-0.39, 0.29) is 60.6 Å². The Morgan fingerprint density at radius 3 is 2.25 bits per heavy atom. The fourth-order valence-corrected chi connectivity index (χ4v) is 5.03. The van der Waals surface area contributed by atoms with Crippen LogP contribution in [0.3, 0.4) is 0 Å². The number of halogens is 2. The van der Waals surface area contributed by atoms with Gasteiger partial charge in [-0.25, -0.2) is 14.6 Å². The average molecular weight is 716 g/mol. The molecule has 0 saturated carbocycles. The second kappa shape index (κ2) is 15.6. The molecule has 3 N–H and O–H groups in total. The average Bonchev–Trinajstić information content (AvgIpc) is 3.48. The number of aromatic nitrogens is 1. The summed E-state index contributed by atoms with van der Waals surface area (Å²) in [4.78, 5) is 59.2. The van der Waals surface area contributed by atoms with E-state index >= 15 is 0 Å². The number of nitrogens with one attached hydrogen (secondary N) is 1. The molecule has 1 aliphatic rings. The van der Waals surface area contributed by atoms with Gasteiger partial charge in [-0.15, -0.1) is 0 Å². The Labute approximate surface area is 294 Å². The molecule has 1 aromatic heterocycles. The molecule has 4 rings (SSSR count).